The summed E-state index contributed by atoms with van der Waals surface area (Å²) in [5.41, 5.74) is 3.32. The van der Waals surface area contributed by atoms with E-state index in [1.54, 1.807) is 6.26 Å². The van der Waals surface area contributed by atoms with Gasteiger partial charge in [-0.05, 0) is 48.5 Å². The zero-order valence-electron chi connectivity index (χ0n) is 13.2. The molecule has 0 aliphatic carbocycles. The second-order valence-corrected chi connectivity index (χ2v) is 5.77. The summed E-state index contributed by atoms with van der Waals surface area (Å²) in [4.78, 5) is 14.7. The summed E-state index contributed by atoms with van der Waals surface area (Å²) in [6.45, 7) is 3.27. The SMILES string of the molecule is O=C(Nc1ccc2occc2c1)c1ccc(N2CCOCC2)cc1. The van der Waals surface area contributed by atoms with Crippen molar-refractivity contribution in [2.45, 2.75) is 0 Å². The van der Waals surface area contributed by atoms with Gasteiger partial charge in [0.15, 0.2) is 0 Å². The van der Waals surface area contributed by atoms with Gasteiger partial charge in [0.2, 0.25) is 0 Å². The van der Waals surface area contributed by atoms with Gasteiger partial charge in [-0.1, -0.05) is 0 Å². The average molecular weight is 322 g/mol. The Morgan fingerprint density at radius 2 is 1.79 bits per heavy atom. The van der Waals surface area contributed by atoms with Crippen LogP contribution in [0.25, 0.3) is 11.0 Å². The number of anilines is 2. The van der Waals surface area contributed by atoms with Gasteiger partial charge >= 0.3 is 0 Å². The third-order valence-corrected chi connectivity index (χ3v) is 4.22. The lowest BCUT2D eigenvalue weighted by Crippen LogP contribution is -2.36. The minimum atomic E-state index is -0.119. The smallest absolute Gasteiger partial charge is 0.255 e. The predicted molar refractivity (Wildman–Crippen MR) is 93.6 cm³/mol. The van der Waals surface area contributed by atoms with Gasteiger partial charge in [0.05, 0.1) is 19.5 Å². The van der Waals surface area contributed by atoms with Crippen LogP contribution in [0.5, 0.6) is 0 Å². The molecule has 5 nitrogen and oxygen atoms in total. The molecule has 2 aromatic carbocycles. The van der Waals surface area contributed by atoms with E-state index in [9.17, 15) is 4.79 Å². The molecule has 122 valence electrons. The Kier molecular flexibility index (Phi) is 3.92. The standard InChI is InChI=1S/C19H18N2O3/c22-19(20-16-3-6-18-15(13-16)7-10-24-18)14-1-4-17(5-2-14)21-8-11-23-12-9-21/h1-7,10,13H,8-9,11-12H2,(H,20,22). The van der Waals surface area contributed by atoms with Crippen LogP contribution < -0.4 is 10.2 Å². The fraction of sp³-hybridized carbons (Fsp3) is 0.211. The summed E-state index contributed by atoms with van der Waals surface area (Å²) in [7, 11) is 0. The van der Waals surface area contributed by atoms with Gasteiger partial charge in [0, 0.05) is 35.4 Å². The first-order chi connectivity index (χ1) is 11.8. The number of nitrogens with one attached hydrogen (secondary N) is 1. The van der Waals surface area contributed by atoms with E-state index < -0.39 is 0 Å². The largest absolute Gasteiger partial charge is 0.464 e. The number of hydrogen-bond donors (Lipinski definition) is 1. The molecule has 1 aromatic heterocycles. The number of benzene rings is 2. The van der Waals surface area contributed by atoms with Gasteiger partial charge < -0.3 is 19.4 Å². The maximum absolute atomic E-state index is 12.4. The van der Waals surface area contributed by atoms with Crippen molar-refractivity contribution in [3.8, 4) is 0 Å². The van der Waals surface area contributed by atoms with Crippen molar-refractivity contribution in [2.75, 3.05) is 36.5 Å². The molecule has 1 aliphatic rings. The van der Waals surface area contributed by atoms with Gasteiger partial charge in [-0.3, -0.25) is 4.79 Å². The van der Waals surface area contributed by atoms with E-state index in [0.717, 1.165) is 48.6 Å². The lowest BCUT2D eigenvalue weighted by Gasteiger charge is -2.28. The number of carbonyl (C=O) groups is 1. The van der Waals surface area contributed by atoms with Crippen molar-refractivity contribution in [1.82, 2.24) is 0 Å². The van der Waals surface area contributed by atoms with Crippen LogP contribution in [0.3, 0.4) is 0 Å². The first-order valence-corrected chi connectivity index (χ1v) is 8.01. The van der Waals surface area contributed by atoms with E-state index in [0.29, 0.717) is 5.56 Å². The van der Waals surface area contributed by atoms with Gasteiger partial charge in [0.1, 0.15) is 5.58 Å². The van der Waals surface area contributed by atoms with Gasteiger partial charge in [0.25, 0.3) is 5.91 Å². The lowest BCUT2D eigenvalue weighted by molar-refractivity contribution is 0.102. The number of furan rings is 1. The second kappa shape index (κ2) is 6.37. The zero-order valence-corrected chi connectivity index (χ0v) is 13.2. The Labute approximate surface area is 139 Å². The van der Waals surface area contributed by atoms with Gasteiger partial charge in [-0.2, -0.15) is 0 Å². The van der Waals surface area contributed by atoms with Crippen molar-refractivity contribution in [3.05, 3.63) is 60.4 Å². The summed E-state index contributed by atoms with van der Waals surface area (Å²) in [5, 5.41) is 3.89. The van der Waals surface area contributed by atoms with Crippen molar-refractivity contribution in [1.29, 1.82) is 0 Å². The molecule has 24 heavy (non-hydrogen) atoms. The third-order valence-electron chi connectivity index (χ3n) is 4.22. The van der Waals surface area contributed by atoms with Crippen LogP contribution in [0.4, 0.5) is 11.4 Å². The van der Waals surface area contributed by atoms with Crippen LogP contribution in [0, 0.1) is 0 Å². The van der Waals surface area contributed by atoms with Gasteiger partial charge in [-0.25, -0.2) is 0 Å². The lowest BCUT2D eigenvalue weighted by atomic mass is 10.1. The van der Waals surface area contributed by atoms with E-state index in [1.807, 2.05) is 48.5 Å². The number of carbonyl (C=O) groups excluding carboxylic acids is 1. The monoisotopic (exact) mass is 322 g/mol. The predicted octanol–water partition coefficient (Wildman–Crippen LogP) is 3.52. The van der Waals surface area contributed by atoms with E-state index in [1.165, 1.54) is 0 Å². The number of hydrogen-bond acceptors (Lipinski definition) is 4. The molecule has 5 heteroatoms. The average Bonchev–Trinajstić information content (AvgIpc) is 3.10. The van der Waals surface area contributed by atoms with Crippen LogP contribution in [0.2, 0.25) is 0 Å². The zero-order chi connectivity index (χ0) is 16.4. The van der Waals surface area contributed by atoms with Crippen LogP contribution in [0.15, 0.2) is 59.2 Å². The molecule has 0 saturated carbocycles. The highest BCUT2D eigenvalue weighted by Gasteiger charge is 2.12. The van der Waals surface area contributed by atoms with Crippen LogP contribution in [-0.2, 0) is 4.74 Å². The number of amides is 1. The van der Waals surface area contributed by atoms with Crippen LogP contribution in [-0.4, -0.2) is 32.2 Å². The van der Waals surface area contributed by atoms with Crippen molar-refractivity contribution >= 4 is 28.3 Å². The fourth-order valence-electron chi connectivity index (χ4n) is 2.89. The first kappa shape index (κ1) is 14.8. The number of fused-ring (bicyclic) bond motifs is 1. The highest BCUT2D eigenvalue weighted by Crippen LogP contribution is 2.21. The Hall–Kier alpha value is -2.79. The molecule has 0 atom stereocenters. The maximum Gasteiger partial charge on any atom is 0.255 e. The van der Waals surface area contributed by atoms with Gasteiger partial charge in [-0.15, -0.1) is 0 Å². The molecule has 1 amide bonds. The number of morpholine rings is 1. The van der Waals surface area contributed by atoms with Crippen molar-refractivity contribution < 1.29 is 13.9 Å². The van der Waals surface area contributed by atoms with Crippen molar-refractivity contribution in [3.63, 3.8) is 0 Å². The molecular formula is C19H18N2O3. The van der Waals surface area contributed by atoms with E-state index >= 15 is 0 Å². The summed E-state index contributed by atoms with van der Waals surface area (Å²) in [6, 6.07) is 15.2. The summed E-state index contributed by atoms with van der Waals surface area (Å²) in [5.74, 6) is -0.119. The Balaban J connectivity index is 1.47. The summed E-state index contributed by atoms with van der Waals surface area (Å²) in [6.07, 6.45) is 1.64. The van der Waals surface area contributed by atoms with Crippen molar-refractivity contribution in [2.24, 2.45) is 0 Å². The van der Waals surface area contributed by atoms with E-state index in [4.69, 9.17) is 9.15 Å². The Bertz CT molecular complexity index is 848. The molecule has 0 radical (unpaired) electrons. The summed E-state index contributed by atoms with van der Waals surface area (Å²) >= 11 is 0. The molecule has 0 unspecified atom stereocenters. The molecule has 1 N–H and O–H groups in total. The van der Waals surface area contributed by atoms with Crippen LogP contribution in [0.1, 0.15) is 10.4 Å². The highest BCUT2D eigenvalue weighted by atomic mass is 16.5. The molecule has 2 heterocycles. The number of nitrogens with zero attached hydrogens (tertiary/aromatic N) is 1. The van der Waals surface area contributed by atoms with Crippen LogP contribution >= 0.6 is 0 Å². The molecule has 3 aromatic rings. The Morgan fingerprint density at radius 3 is 2.58 bits per heavy atom. The number of rotatable bonds is 3. The van der Waals surface area contributed by atoms with E-state index in [-0.39, 0.29) is 5.91 Å². The molecule has 0 bridgehead atoms. The first-order valence-electron chi connectivity index (χ1n) is 8.01. The molecule has 1 fully saturated rings. The normalized spacial score (nSPS) is 14.8. The fourth-order valence-corrected chi connectivity index (χ4v) is 2.89. The molecule has 1 aliphatic heterocycles. The second-order valence-electron chi connectivity index (χ2n) is 5.77. The Morgan fingerprint density at radius 1 is 1.00 bits per heavy atom. The highest BCUT2D eigenvalue weighted by molar-refractivity contribution is 6.05. The quantitative estimate of drug-likeness (QED) is 0.801. The molecule has 4 rings (SSSR count). The van der Waals surface area contributed by atoms with E-state index in [2.05, 4.69) is 10.2 Å². The summed E-state index contributed by atoms with van der Waals surface area (Å²) < 4.78 is 10.7. The molecule has 0 spiro atoms. The topological polar surface area (TPSA) is 54.7 Å². The minimum Gasteiger partial charge on any atom is -0.464 e. The maximum atomic E-state index is 12.4. The third kappa shape index (κ3) is 2.98. The molecular weight excluding hydrogens is 304 g/mol. The molecule has 1 saturated heterocycles. The minimum absolute atomic E-state index is 0.119. The number of ether oxygens (including phenoxy) is 1.